The molecule has 122 valence electrons. The van der Waals surface area contributed by atoms with Gasteiger partial charge in [-0.3, -0.25) is 9.20 Å². The topological polar surface area (TPSA) is 79.3 Å². The number of aliphatic carboxylic acids is 1. The van der Waals surface area contributed by atoms with Crippen LogP contribution in [0.2, 0.25) is 0 Å². The molecule has 0 saturated heterocycles. The van der Waals surface area contributed by atoms with Crippen molar-refractivity contribution in [2.24, 2.45) is 10.2 Å². The van der Waals surface area contributed by atoms with Crippen molar-refractivity contribution in [2.75, 3.05) is 0 Å². The molecule has 0 radical (unpaired) electrons. The van der Waals surface area contributed by atoms with Gasteiger partial charge in [0.1, 0.15) is 5.65 Å². The van der Waals surface area contributed by atoms with Crippen LogP contribution in [0, 0.1) is 20.8 Å². The van der Waals surface area contributed by atoms with Crippen molar-refractivity contribution in [1.82, 2.24) is 9.38 Å². The van der Waals surface area contributed by atoms with Crippen LogP contribution in [0.25, 0.3) is 5.65 Å². The van der Waals surface area contributed by atoms with E-state index in [1.807, 2.05) is 57.3 Å². The SMILES string of the molecule is Cc1ccc(C)c(N=Nc2c(CC(=O)O)nc3cc(C)ccn23)c1. The van der Waals surface area contributed by atoms with Gasteiger partial charge in [0.05, 0.1) is 17.8 Å². The molecule has 1 aromatic carbocycles. The van der Waals surface area contributed by atoms with Crippen molar-refractivity contribution in [3.8, 4) is 0 Å². The van der Waals surface area contributed by atoms with Gasteiger partial charge in [-0.15, -0.1) is 10.2 Å². The predicted octanol–water partition coefficient (Wildman–Crippen LogP) is 4.30. The van der Waals surface area contributed by atoms with E-state index in [-0.39, 0.29) is 6.42 Å². The summed E-state index contributed by atoms with van der Waals surface area (Å²) < 4.78 is 1.76. The van der Waals surface area contributed by atoms with E-state index in [0.29, 0.717) is 17.2 Å². The number of rotatable bonds is 4. The number of carboxylic acids is 1. The molecular weight excluding hydrogens is 304 g/mol. The highest BCUT2D eigenvalue weighted by Gasteiger charge is 2.15. The molecule has 3 aromatic rings. The van der Waals surface area contributed by atoms with Crippen molar-refractivity contribution in [3.05, 3.63) is 58.9 Å². The normalized spacial score (nSPS) is 11.5. The molecule has 0 amide bonds. The smallest absolute Gasteiger partial charge is 0.309 e. The average molecular weight is 322 g/mol. The second kappa shape index (κ2) is 6.23. The third-order valence-electron chi connectivity index (χ3n) is 3.76. The highest BCUT2D eigenvalue weighted by atomic mass is 16.4. The molecule has 0 spiro atoms. The Hall–Kier alpha value is -3.02. The summed E-state index contributed by atoms with van der Waals surface area (Å²) in [7, 11) is 0. The molecule has 2 aromatic heterocycles. The Labute approximate surface area is 139 Å². The zero-order valence-electron chi connectivity index (χ0n) is 13.8. The zero-order valence-corrected chi connectivity index (χ0v) is 13.8. The highest BCUT2D eigenvalue weighted by Crippen LogP contribution is 2.27. The van der Waals surface area contributed by atoms with E-state index in [1.165, 1.54) is 0 Å². The molecular formula is C18H18N4O2. The van der Waals surface area contributed by atoms with Gasteiger partial charge in [0.2, 0.25) is 0 Å². The van der Waals surface area contributed by atoms with Crippen molar-refractivity contribution in [2.45, 2.75) is 27.2 Å². The van der Waals surface area contributed by atoms with Crippen LogP contribution in [0.15, 0.2) is 46.8 Å². The number of nitrogens with zero attached hydrogens (tertiary/aromatic N) is 4. The summed E-state index contributed by atoms with van der Waals surface area (Å²) in [5.41, 5.74) is 4.98. The van der Waals surface area contributed by atoms with Crippen LogP contribution >= 0.6 is 0 Å². The van der Waals surface area contributed by atoms with Gasteiger partial charge in [-0.25, -0.2) is 4.98 Å². The van der Waals surface area contributed by atoms with Crippen LogP contribution in [-0.4, -0.2) is 20.5 Å². The first kappa shape index (κ1) is 15.9. The van der Waals surface area contributed by atoms with Crippen molar-refractivity contribution >= 4 is 23.1 Å². The Bertz CT molecular complexity index is 957. The Morgan fingerprint density at radius 2 is 1.88 bits per heavy atom. The molecule has 0 aliphatic carbocycles. The first-order valence-corrected chi connectivity index (χ1v) is 7.62. The van der Waals surface area contributed by atoms with Gasteiger partial charge in [-0.2, -0.15) is 0 Å². The van der Waals surface area contributed by atoms with Gasteiger partial charge in [0.15, 0.2) is 5.82 Å². The molecule has 0 aliphatic rings. The molecule has 1 N–H and O–H groups in total. The second-order valence-corrected chi connectivity index (χ2v) is 5.87. The summed E-state index contributed by atoms with van der Waals surface area (Å²) in [6.45, 7) is 5.91. The average Bonchev–Trinajstić information content (AvgIpc) is 2.83. The maximum absolute atomic E-state index is 11.1. The largest absolute Gasteiger partial charge is 0.481 e. The number of carboxylic acid groups (broad SMARTS) is 1. The van der Waals surface area contributed by atoms with Crippen molar-refractivity contribution in [1.29, 1.82) is 0 Å². The van der Waals surface area contributed by atoms with Gasteiger partial charge in [0.25, 0.3) is 0 Å². The number of benzene rings is 1. The first-order valence-electron chi connectivity index (χ1n) is 7.62. The van der Waals surface area contributed by atoms with Crippen molar-refractivity contribution < 1.29 is 9.90 Å². The highest BCUT2D eigenvalue weighted by molar-refractivity contribution is 5.72. The Balaban J connectivity index is 2.11. The van der Waals surface area contributed by atoms with Crippen LogP contribution in [0.4, 0.5) is 11.5 Å². The van der Waals surface area contributed by atoms with Gasteiger partial charge >= 0.3 is 5.97 Å². The number of pyridine rings is 1. The number of aromatic nitrogens is 2. The number of imidazole rings is 1. The summed E-state index contributed by atoms with van der Waals surface area (Å²) in [5, 5.41) is 17.7. The molecule has 0 aliphatic heterocycles. The monoisotopic (exact) mass is 322 g/mol. The fraction of sp³-hybridized carbons (Fsp3) is 0.222. The van der Waals surface area contributed by atoms with Gasteiger partial charge in [0, 0.05) is 6.20 Å². The summed E-state index contributed by atoms with van der Waals surface area (Å²) in [5.74, 6) is -0.494. The molecule has 0 atom stereocenters. The second-order valence-electron chi connectivity index (χ2n) is 5.87. The van der Waals surface area contributed by atoms with Gasteiger partial charge in [-0.05, 0) is 55.7 Å². The van der Waals surface area contributed by atoms with Crippen molar-refractivity contribution in [3.63, 3.8) is 0 Å². The van der Waals surface area contributed by atoms with Crippen LogP contribution in [-0.2, 0) is 11.2 Å². The predicted molar refractivity (Wildman–Crippen MR) is 91.4 cm³/mol. The third-order valence-corrected chi connectivity index (χ3v) is 3.76. The molecule has 3 rings (SSSR count). The van der Waals surface area contributed by atoms with Crippen LogP contribution in [0.3, 0.4) is 0 Å². The fourth-order valence-corrected chi connectivity index (χ4v) is 2.48. The lowest BCUT2D eigenvalue weighted by Crippen LogP contribution is -2.00. The standard InChI is InChI=1S/C18H18N4O2/c1-11-4-5-13(3)14(8-11)20-21-18-15(10-17(23)24)19-16-9-12(2)6-7-22(16)18/h4-9H,10H2,1-3H3,(H,23,24). The summed E-state index contributed by atoms with van der Waals surface area (Å²) in [6.07, 6.45) is 1.64. The zero-order chi connectivity index (χ0) is 17.3. The van der Waals surface area contributed by atoms with Gasteiger partial charge in [-0.1, -0.05) is 12.1 Å². The Morgan fingerprint density at radius 1 is 1.12 bits per heavy atom. The molecule has 2 heterocycles. The van der Waals surface area contributed by atoms with E-state index < -0.39 is 5.97 Å². The summed E-state index contributed by atoms with van der Waals surface area (Å²) >= 11 is 0. The Kier molecular flexibility index (Phi) is 4.12. The van der Waals surface area contributed by atoms with E-state index in [9.17, 15) is 4.79 Å². The number of hydrogen-bond donors (Lipinski definition) is 1. The molecule has 0 fully saturated rings. The lowest BCUT2D eigenvalue weighted by atomic mass is 10.1. The van der Waals surface area contributed by atoms with Crippen LogP contribution < -0.4 is 0 Å². The quantitative estimate of drug-likeness (QED) is 0.727. The number of aryl methyl sites for hydroxylation is 3. The molecule has 24 heavy (non-hydrogen) atoms. The van der Waals surface area contributed by atoms with E-state index in [4.69, 9.17) is 5.11 Å². The molecule has 0 bridgehead atoms. The van der Waals surface area contributed by atoms with Crippen LogP contribution in [0.1, 0.15) is 22.4 Å². The molecule has 0 unspecified atom stereocenters. The minimum atomic E-state index is -0.946. The first-order chi connectivity index (χ1) is 11.4. The summed E-state index contributed by atoms with van der Waals surface area (Å²) in [6, 6.07) is 9.77. The van der Waals surface area contributed by atoms with E-state index in [0.717, 1.165) is 22.4 Å². The number of fused-ring (bicyclic) bond motifs is 1. The minimum Gasteiger partial charge on any atom is -0.481 e. The maximum Gasteiger partial charge on any atom is 0.309 e. The minimum absolute atomic E-state index is 0.193. The van der Waals surface area contributed by atoms with E-state index in [2.05, 4.69) is 15.2 Å². The third kappa shape index (κ3) is 3.17. The molecule has 6 heteroatoms. The Morgan fingerprint density at radius 3 is 2.62 bits per heavy atom. The lowest BCUT2D eigenvalue weighted by molar-refractivity contribution is -0.136. The van der Waals surface area contributed by atoms with Crippen LogP contribution in [0.5, 0.6) is 0 Å². The summed E-state index contributed by atoms with van der Waals surface area (Å²) in [4.78, 5) is 15.5. The molecule has 0 saturated carbocycles. The van der Waals surface area contributed by atoms with Gasteiger partial charge < -0.3 is 5.11 Å². The maximum atomic E-state index is 11.1. The fourth-order valence-electron chi connectivity index (χ4n) is 2.48. The number of azo groups is 1. The number of hydrogen-bond acceptors (Lipinski definition) is 4. The molecule has 6 nitrogen and oxygen atoms in total. The van der Waals surface area contributed by atoms with E-state index >= 15 is 0 Å². The number of carbonyl (C=O) groups is 1. The van der Waals surface area contributed by atoms with E-state index in [1.54, 1.807) is 4.40 Å². The lowest BCUT2D eigenvalue weighted by Gasteiger charge is -2.01.